The van der Waals surface area contributed by atoms with Gasteiger partial charge in [-0.3, -0.25) is 0 Å². The van der Waals surface area contributed by atoms with Crippen LogP contribution >= 0.6 is 12.4 Å². The van der Waals surface area contributed by atoms with Crippen molar-refractivity contribution in [2.24, 2.45) is 21.7 Å². The van der Waals surface area contributed by atoms with E-state index < -0.39 is 0 Å². The molecule has 4 nitrogen and oxygen atoms in total. The van der Waals surface area contributed by atoms with E-state index in [1.54, 1.807) is 6.21 Å². The molecular weight excluding hydrogens is 248 g/mol. The van der Waals surface area contributed by atoms with Gasteiger partial charge >= 0.3 is 0 Å². The summed E-state index contributed by atoms with van der Waals surface area (Å²) in [6.45, 7) is 2.21. The van der Waals surface area contributed by atoms with Crippen LogP contribution in [0.5, 0.6) is 0 Å². The second-order valence-corrected chi connectivity index (χ2v) is 3.97. The maximum Gasteiger partial charge on any atom is 0.211 e. The zero-order valence-electron chi connectivity index (χ0n) is 10.7. The first kappa shape index (κ1) is 16.4. The summed E-state index contributed by atoms with van der Waals surface area (Å²) < 4.78 is 0. The van der Waals surface area contributed by atoms with Crippen molar-refractivity contribution in [3.05, 3.63) is 35.4 Å². The Morgan fingerprint density at radius 2 is 1.83 bits per heavy atom. The summed E-state index contributed by atoms with van der Waals surface area (Å²) in [6, 6.07) is 8.28. The van der Waals surface area contributed by atoms with Crippen molar-refractivity contribution in [2.75, 3.05) is 0 Å². The van der Waals surface area contributed by atoms with Crippen LogP contribution in [0.25, 0.3) is 0 Å². The van der Waals surface area contributed by atoms with Gasteiger partial charge in [-0.05, 0) is 24.0 Å². The summed E-state index contributed by atoms with van der Waals surface area (Å²) in [5.41, 5.74) is 12.7. The minimum absolute atomic E-state index is 0. The fraction of sp³-hybridized carbons (Fsp3) is 0.385. The van der Waals surface area contributed by atoms with E-state index in [1.165, 1.54) is 24.8 Å². The second kappa shape index (κ2) is 9.48. The normalized spacial score (nSPS) is 10.1. The molecule has 0 aromatic heterocycles. The number of unbranched alkanes of at least 4 members (excludes halogenated alkanes) is 2. The van der Waals surface area contributed by atoms with Crippen molar-refractivity contribution in [1.82, 2.24) is 0 Å². The summed E-state index contributed by atoms with van der Waals surface area (Å²) in [4.78, 5) is 0. The van der Waals surface area contributed by atoms with Gasteiger partial charge in [0.2, 0.25) is 5.96 Å². The van der Waals surface area contributed by atoms with Crippen molar-refractivity contribution in [3.8, 4) is 0 Å². The van der Waals surface area contributed by atoms with E-state index in [0.717, 1.165) is 12.0 Å². The highest BCUT2D eigenvalue weighted by molar-refractivity contribution is 5.85. The third kappa shape index (κ3) is 6.91. The Hall–Kier alpha value is -1.55. The molecule has 0 amide bonds. The van der Waals surface area contributed by atoms with Crippen molar-refractivity contribution < 1.29 is 0 Å². The highest BCUT2D eigenvalue weighted by atomic mass is 35.5. The molecule has 0 fully saturated rings. The summed E-state index contributed by atoms with van der Waals surface area (Å²) in [7, 11) is 0. The molecule has 0 aliphatic heterocycles. The Morgan fingerprint density at radius 3 is 2.39 bits per heavy atom. The Morgan fingerprint density at radius 1 is 1.17 bits per heavy atom. The lowest BCUT2D eigenvalue weighted by molar-refractivity contribution is 0.717. The molecule has 0 heterocycles. The van der Waals surface area contributed by atoms with E-state index in [1.807, 2.05) is 12.1 Å². The number of nitrogens with two attached hydrogens (primary N) is 2. The minimum Gasteiger partial charge on any atom is -0.369 e. The summed E-state index contributed by atoms with van der Waals surface area (Å²) in [5.74, 6) is -0.0302. The molecule has 1 rings (SSSR count). The van der Waals surface area contributed by atoms with Crippen molar-refractivity contribution in [1.29, 1.82) is 0 Å². The number of guanidine groups is 1. The molecule has 100 valence electrons. The van der Waals surface area contributed by atoms with E-state index >= 15 is 0 Å². The van der Waals surface area contributed by atoms with Gasteiger partial charge in [0.25, 0.3) is 0 Å². The van der Waals surface area contributed by atoms with Crippen LogP contribution < -0.4 is 11.5 Å². The Labute approximate surface area is 115 Å². The van der Waals surface area contributed by atoms with Crippen LogP contribution in [0.1, 0.15) is 37.3 Å². The van der Waals surface area contributed by atoms with Crippen LogP contribution in [-0.4, -0.2) is 12.2 Å². The molecule has 0 spiro atoms. The highest BCUT2D eigenvalue weighted by Crippen LogP contribution is 2.07. The predicted molar refractivity (Wildman–Crippen MR) is 80.3 cm³/mol. The van der Waals surface area contributed by atoms with E-state index in [2.05, 4.69) is 29.3 Å². The van der Waals surface area contributed by atoms with Crippen LogP contribution in [0.15, 0.2) is 34.5 Å². The minimum atomic E-state index is -0.0302. The highest BCUT2D eigenvalue weighted by Gasteiger charge is 1.93. The summed E-state index contributed by atoms with van der Waals surface area (Å²) >= 11 is 0. The van der Waals surface area contributed by atoms with Crippen LogP contribution in [0.3, 0.4) is 0 Å². The van der Waals surface area contributed by atoms with Gasteiger partial charge in [-0.2, -0.15) is 5.10 Å². The molecule has 0 saturated carbocycles. The molecule has 0 bridgehead atoms. The number of rotatable bonds is 6. The standard InChI is InChI=1S/C13H20N4.ClH/c1-2-3-4-5-11-6-8-12(9-7-11)10-16-17-13(14)15;/h6-10H,2-5H2,1H3,(H4,14,15,17);1H/b16-10+;. The first-order valence-corrected chi connectivity index (χ1v) is 5.93. The maximum absolute atomic E-state index is 5.16. The van der Waals surface area contributed by atoms with Crippen LogP contribution in [0.2, 0.25) is 0 Å². The molecule has 18 heavy (non-hydrogen) atoms. The van der Waals surface area contributed by atoms with Gasteiger partial charge in [0.15, 0.2) is 0 Å². The van der Waals surface area contributed by atoms with E-state index in [0.29, 0.717) is 0 Å². The number of hydrogen-bond acceptors (Lipinski definition) is 2. The fourth-order valence-corrected chi connectivity index (χ4v) is 1.51. The number of nitrogens with zero attached hydrogens (tertiary/aromatic N) is 2. The van der Waals surface area contributed by atoms with Crippen LogP contribution in [0.4, 0.5) is 0 Å². The molecule has 0 aliphatic carbocycles. The van der Waals surface area contributed by atoms with E-state index in [-0.39, 0.29) is 18.4 Å². The van der Waals surface area contributed by atoms with Crippen LogP contribution in [0, 0.1) is 0 Å². The average molecular weight is 269 g/mol. The Balaban J connectivity index is 0.00000289. The molecule has 1 aromatic rings. The number of aryl methyl sites for hydroxylation is 1. The van der Waals surface area contributed by atoms with Crippen LogP contribution in [-0.2, 0) is 6.42 Å². The quantitative estimate of drug-likeness (QED) is 0.360. The molecule has 1 aromatic carbocycles. The van der Waals surface area contributed by atoms with Gasteiger partial charge in [0.05, 0.1) is 6.21 Å². The first-order chi connectivity index (χ1) is 8.22. The smallest absolute Gasteiger partial charge is 0.211 e. The topological polar surface area (TPSA) is 76.8 Å². The van der Waals surface area contributed by atoms with Crippen molar-refractivity contribution in [3.63, 3.8) is 0 Å². The zero-order chi connectivity index (χ0) is 12.5. The summed E-state index contributed by atoms with van der Waals surface area (Å²) in [6.07, 6.45) is 6.56. The van der Waals surface area contributed by atoms with Crippen molar-refractivity contribution in [2.45, 2.75) is 32.6 Å². The van der Waals surface area contributed by atoms with Gasteiger partial charge < -0.3 is 11.5 Å². The lowest BCUT2D eigenvalue weighted by Crippen LogP contribution is -2.21. The fourth-order valence-electron chi connectivity index (χ4n) is 1.51. The van der Waals surface area contributed by atoms with Gasteiger partial charge in [-0.15, -0.1) is 17.5 Å². The largest absolute Gasteiger partial charge is 0.369 e. The number of halogens is 1. The molecule has 5 heteroatoms. The summed E-state index contributed by atoms with van der Waals surface area (Å²) in [5, 5.41) is 7.30. The monoisotopic (exact) mass is 268 g/mol. The van der Waals surface area contributed by atoms with Gasteiger partial charge in [0, 0.05) is 0 Å². The predicted octanol–water partition coefficient (Wildman–Crippen LogP) is 2.45. The molecule has 4 N–H and O–H groups in total. The SMILES string of the molecule is CCCCCc1ccc(/C=N/N=C(N)N)cc1.Cl. The molecule has 0 radical (unpaired) electrons. The zero-order valence-corrected chi connectivity index (χ0v) is 11.5. The third-order valence-corrected chi connectivity index (χ3v) is 2.43. The number of hydrogen-bond donors (Lipinski definition) is 2. The van der Waals surface area contributed by atoms with Crippen molar-refractivity contribution >= 4 is 24.6 Å². The second-order valence-electron chi connectivity index (χ2n) is 3.97. The lowest BCUT2D eigenvalue weighted by Gasteiger charge is -2.00. The number of benzene rings is 1. The van der Waals surface area contributed by atoms with Gasteiger partial charge in [-0.1, -0.05) is 44.0 Å². The Kier molecular flexibility index (Phi) is 8.66. The molecule has 0 unspecified atom stereocenters. The molecular formula is C13H21ClN4. The lowest BCUT2D eigenvalue weighted by atomic mass is 10.1. The maximum atomic E-state index is 5.16. The molecule has 0 atom stereocenters. The van der Waals surface area contributed by atoms with E-state index in [4.69, 9.17) is 11.5 Å². The van der Waals surface area contributed by atoms with Gasteiger partial charge in [-0.25, -0.2) is 0 Å². The molecule has 0 saturated heterocycles. The van der Waals surface area contributed by atoms with E-state index in [9.17, 15) is 0 Å². The third-order valence-electron chi connectivity index (χ3n) is 2.43. The van der Waals surface area contributed by atoms with Gasteiger partial charge in [0.1, 0.15) is 0 Å². The average Bonchev–Trinajstić information content (AvgIpc) is 2.31. The molecule has 0 aliphatic rings. The Bertz CT molecular complexity index is 380. The first-order valence-electron chi connectivity index (χ1n) is 5.93.